The van der Waals surface area contributed by atoms with E-state index in [-0.39, 0.29) is 17.0 Å². The van der Waals surface area contributed by atoms with Gasteiger partial charge in [0.2, 0.25) is 0 Å². The van der Waals surface area contributed by atoms with Crippen molar-refractivity contribution in [2.24, 2.45) is 0 Å². The number of halogens is 4. The number of benzene rings is 3. The minimum Gasteiger partial charge on any atom is -0.291 e. The maximum absolute atomic E-state index is 14.5. The van der Waals surface area contributed by atoms with Gasteiger partial charge in [-0.15, -0.1) is 0 Å². The molecule has 2 nitrogen and oxygen atoms in total. The summed E-state index contributed by atoms with van der Waals surface area (Å²) in [7, 11) is 0. The van der Waals surface area contributed by atoms with Gasteiger partial charge in [-0.2, -0.15) is 0 Å². The fourth-order valence-corrected chi connectivity index (χ4v) is 6.78. The molecule has 1 aliphatic carbocycles. The summed E-state index contributed by atoms with van der Waals surface area (Å²) in [6.07, 6.45) is 3.70. The van der Waals surface area contributed by atoms with E-state index in [1.54, 1.807) is 24.3 Å². The maximum atomic E-state index is 14.5. The molecule has 0 saturated carbocycles. The monoisotopic (exact) mass is 542 g/mol. The molecule has 1 aromatic heterocycles. The van der Waals surface area contributed by atoms with Crippen LogP contribution in [0.1, 0.15) is 54.3 Å². The summed E-state index contributed by atoms with van der Waals surface area (Å²) in [5.74, 6) is -0.295. The summed E-state index contributed by atoms with van der Waals surface area (Å²) in [5, 5.41) is 1.88. The van der Waals surface area contributed by atoms with Crippen molar-refractivity contribution in [3.63, 3.8) is 0 Å². The molecule has 0 saturated heterocycles. The van der Waals surface area contributed by atoms with E-state index in [0.29, 0.717) is 16.3 Å². The Morgan fingerprint density at radius 1 is 1.03 bits per heavy atom. The minimum absolute atomic E-state index is 0.279. The lowest BCUT2D eigenvalue weighted by atomic mass is 9.67. The van der Waals surface area contributed by atoms with Crippen LogP contribution < -0.4 is 0 Å². The Balaban J connectivity index is 1.69. The van der Waals surface area contributed by atoms with Gasteiger partial charge in [-0.1, -0.05) is 60.1 Å². The van der Waals surface area contributed by atoms with Crippen molar-refractivity contribution in [1.29, 1.82) is 0 Å². The van der Waals surface area contributed by atoms with Gasteiger partial charge in [0.25, 0.3) is 0 Å². The Labute approximate surface area is 224 Å². The summed E-state index contributed by atoms with van der Waals surface area (Å²) in [6, 6.07) is 17.5. The number of aryl methyl sites for hydroxylation is 2. The van der Waals surface area contributed by atoms with E-state index in [4.69, 9.17) is 28.2 Å². The van der Waals surface area contributed by atoms with Crippen LogP contribution in [0.4, 0.5) is 8.78 Å². The second kappa shape index (κ2) is 10.2. The number of nitrogens with zero attached hydrogens (tertiary/aromatic N) is 2. The molecule has 5 rings (SSSR count). The predicted molar refractivity (Wildman–Crippen MR) is 145 cm³/mol. The summed E-state index contributed by atoms with van der Waals surface area (Å²) in [4.78, 5) is 5.07. The van der Waals surface area contributed by atoms with Gasteiger partial charge >= 0.3 is 0 Å². The molecule has 0 radical (unpaired) electrons. The fraction of sp³-hybridized carbons (Fsp3) is 0.276. The standard InChI is InChI=1S/C29H26Cl2F2N2S/c1-3-29(19-9-14-23(30)18(2)16-19)15-5-8-26-27(29)35(21-12-10-20(32)11-13-21)28(34-26)36-17-22-24(31)6-4-7-25(22)33/h4,6-7,9-14,16H,3,5,8,15,17H2,1-2H3. The Kier molecular flexibility index (Phi) is 7.17. The second-order valence-electron chi connectivity index (χ2n) is 9.24. The molecule has 7 heteroatoms. The molecule has 1 aliphatic rings. The number of rotatable bonds is 6. The second-order valence-corrected chi connectivity index (χ2v) is 11.0. The summed E-state index contributed by atoms with van der Waals surface area (Å²) < 4.78 is 30.6. The maximum Gasteiger partial charge on any atom is 0.173 e. The first kappa shape index (κ1) is 25.3. The first-order valence-electron chi connectivity index (χ1n) is 12.0. The molecule has 0 bridgehead atoms. The number of aromatic nitrogens is 2. The molecule has 1 unspecified atom stereocenters. The van der Waals surface area contributed by atoms with Crippen LogP contribution in [0.5, 0.6) is 0 Å². The molecule has 0 spiro atoms. The van der Waals surface area contributed by atoms with Crippen LogP contribution in [0.3, 0.4) is 0 Å². The van der Waals surface area contributed by atoms with Crippen molar-refractivity contribution in [3.05, 3.63) is 110 Å². The lowest BCUT2D eigenvalue weighted by molar-refractivity contribution is 0.394. The zero-order chi connectivity index (χ0) is 25.4. The lowest BCUT2D eigenvalue weighted by Crippen LogP contribution is -2.34. The minimum atomic E-state index is -0.334. The van der Waals surface area contributed by atoms with E-state index in [0.717, 1.165) is 58.5 Å². The molecule has 1 heterocycles. The van der Waals surface area contributed by atoms with E-state index in [1.165, 1.54) is 35.5 Å². The number of imidazole rings is 1. The third-order valence-corrected chi connectivity index (χ3v) is 8.94. The van der Waals surface area contributed by atoms with Gasteiger partial charge in [0.05, 0.1) is 11.4 Å². The smallest absolute Gasteiger partial charge is 0.173 e. The molecule has 186 valence electrons. The van der Waals surface area contributed by atoms with Crippen molar-refractivity contribution >= 4 is 35.0 Å². The Bertz CT molecular complexity index is 1400. The van der Waals surface area contributed by atoms with Crippen molar-refractivity contribution in [3.8, 4) is 5.69 Å². The first-order valence-corrected chi connectivity index (χ1v) is 13.8. The Morgan fingerprint density at radius 3 is 2.50 bits per heavy atom. The highest BCUT2D eigenvalue weighted by Gasteiger charge is 2.42. The summed E-state index contributed by atoms with van der Waals surface area (Å²) >= 11 is 14.1. The van der Waals surface area contributed by atoms with Gasteiger partial charge in [0.1, 0.15) is 11.6 Å². The van der Waals surface area contributed by atoms with Crippen LogP contribution in [0.2, 0.25) is 10.0 Å². The topological polar surface area (TPSA) is 17.8 Å². The number of fused-ring (bicyclic) bond motifs is 1. The molecule has 36 heavy (non-hydrogen) atoms. The van der Waals surface area contributed by atoms with Gasteiger partial charge in [0.15, 0.2) is 5.16 Å². The summed E-state index contributed by atoms with van der Waals surface area (Å²) in [5.41, 5.74) is 5.38. The van der Waals surface area contributed by atoms with Gasteiger partial charge in [-0.3, -0.25) is 4.57 Å². The van der Waals surface area contributed by atoms with Crippen molar-refractivity contribution in [2.45, 2.75) is 55.9 Å². The highest BCUT2D eigenvalue weighted by atomic mass is 35.5. The number of thioether (sulfide) groups is 1. The quantitative estimate of drug-likeness (QED) is 0.226. The molecule has 4 aromatic rings. The fourth-order valence-electron chi connectivity index (χ4n) is 5.29. The SMILES string of the molecule is CCC1(c2ccc(Cl)c(C)c2)CCCc2nc(SCc3c(F)cccc3Cl)n(-c3ccc(F)cc3)c21. The molecular weight excluding hydrogens is 517 g/mol. The highest BCUT2D eigenvalue weighted by molar-refractivity contribution is 7.98. The van der Waals surface area contributed by atoms with Gasteiger partial charge in [0, 0.05) is 32.5 Å². The van der Waals surface area contributed by atoms with Crippen LogP contribution in [0, 0.1) is 18.6 Å². The van der Waals surface area contributed by atoms with Crippen molar-refractivity contribution in [2.75, 3.05) is 0 Å². The zero-order valence-corrected chi connectivity index (χ0v) is 22.5. The van der Waals surface area contributed by atoms with E-state index < -0.39 is 0 Å². The molecule has 0 amide bonds. The predicted octanol–water partition coefficient (Wildman–Crippen LogP) is 9.09. The van der Waals surface area contributed by atoms with Crippen LogP contribution in [0.25, 0.3) is 5.69 Å². The van der Waals surface area contributed by atoms with Crippen LogP contribution in [0.15, 0.2) is 65.8 Å². The van der Waals surface area contributed by atoms with E-state index in [2.05, 4.69) is 23.6 Å². The van der Waals surface area contributed by atoms with Crippen molar-refractivity contribution < 1.29 is 8.78 Å². The first-order chi connectivity index (χ1) is 17.3. The summed E-state index contributed by atoms with van der Waals surface area (Å²) in [6.45, 7) is 4.22. The van der Waals surface area contributed by atoms with Gasteiger partial charge in [-0.25, -0.2) is 13.8 Å². The third kappa shape index (κ3) is 4.46. The molecule has 0 N–H and O–H groups in total. The van der Waals surface area contributed by atoms with E-state index >= 15 is 0 Å². The molecule has 1 atom stereocenters. The van der Waals surface area contributed by atoms with Crippen molar-refractivity contribution in [1.82, 2.24) is 9.55 Å². The molecule has 0 aliphatic heterocycles. The number of hydrogen-bond donors (Lipinski definition) is 0. The zero-order valence-electron chi connectivity index (χ0n) is 20.1. The van der Waals surface area contributed by atoms with Gasteiger partial charge in [-0.05, 0) is 86.2 Å². The molecule has 0 fully saturated rings. The normalized spacial score (nSPS) is 17.3. The molecular formula is C29H26Cl2F2N2S. The van der Waals surface area contributed by atoms with Crippen LogP contribution in [-0.2, 0) is 17.6 Å². The van der Waals surface area contributed by atoms with E-state index in [9.17, 15) is 8.78 Å². The van der Waals surface area contributed by atoms with Crippen LogP contribution >= 0.6 is 35.0 Å². The highest BCUT2D eigenvalue weighted by Crippen LogP contribution is 2.48. The Morgan fingerprint density at radius 2 is 1.81 bits per heavy atom. The average molecular weight is 544 g/mol. The average Bonchev–Trinajstić information content (AvgIpc) is 3.25. The number of hydrogen-bond acceptors (Lipinski definition) is 2. The molecule has 3 aromatic carbocycles. The van der Waals surface area contributed by atoms with Gasteiger partial charge < -0.3 is 0 Å². The lowest BCUT2D eigenvalue weighted by Gasteiger charge is -2.38. The Hall–Kier alpha value is -2.34. The largest absolute Gasteiger partial charge is 0.291 e. The third-order valence-electron chi connectivity index (χ3n) is 7.20. The van der Waals surface area contributed by atoms with Crippen LogP contribution in [-0.4, -0.2) is 9.55 Å². The van der Waals surface area contributed by atoms with E-state index in [1.807, 2.05) is 13.0 Å².